The van der Waals surface area contributed by atoms with Crippen LogP contribution < -0.4 is 0 Å². The highest BCUT2D eigenvalue weighted by atomic mass is 16.4. The molecule has 3 rings (SSSR count). The van der Waals surface area contributed by atoms with Gasteiger partial charge in [0.05, 0.1) is 0 Å². The number of aryl methyl sites for hydroxylation is 1. The van der Waals surface area contributed by atoms with E-state index >= 15 is 0 Å². The maximum atomic E-state index is 12.8. The smallest absolute Gasteiger partial charge is 0.354 e. The maximum Gasteiger partial charge on any atom is 0.354 e. The van der Waals surface area contributed by atoms with Gasteiger partial charge in [-0.25, -0.2) is 9.78 Å². The predicted molar refractivity (Wildman–Crippen MR) is 89.9 cm³/mol. The summed E-state index contributed by atoms with van der Waals surface area (Å²) in [5.74, 6) is -1.26. The number of rotatable bonds is 6. The van der Waals surface area contributed by atoms with E-state index in [1.165, 1.54) is 17.8 Å². The molecule has 0 spiro atoms. The molecule has 5 heteroatoms. The van der Waals surface area contributed by atoms with Gasteiger partial charge in [0, 0.05) is 24.3 Å². The molecular formula is C19H20N2O3. The van der Waals surface area contributed by atoms with Gasteiger partial charge in [0.25, 0.3) is 5.91 Å². The van der Waals surface area contributed by atoms with Gasteiger partial charge >= 0.3 is 5.97 Å². The van der Waals surface area contributed by atoms with Crippen molar-refractivity contribution in [3.8, 4) is 0 Å². The van der Waals surface area contributed by atoms with Crippen molar-refractivity contribution in [2.45, 2.75) is 38.8 Å². The van der Waals surface area contributed by atoms with Crippen molar-refractivity contribution in [3.05, 3.63) is 65.0 Å². The number of carbonyl (C=O) groups is 2. The van der Waals surface area contributed by atoms with Crippen LogP contribution in [0.2, 0.25) is 0 Å². The first-order valence-electron chi connectivity index (χ1n) is 8.16. The van der Waals surface area contributed by atoms with Crippen molar-refractivity contribution in [1.29, 1.82) is 0 Å². The molecule has 0 unspecified atom stereocenters. The van der Waals surface area contributed by atoms with Crippen LogP contribution in [-0.2, 0) is 13.0 Å². The lowest BCUT2D eigenvalue weighted by molar-refractivity contribution is 0.0690. The largest absolute Gasteiger partial charge is 0.477 e. The lowest BCUT2D eigenvalue weighted by Gasteiger charge is -2.23. The van der Waals surface area contributed by atoms with Crippen LogP contribution in [0, 0.1) is 0 Å². The lowest BCUT2D eigenvalue weighted by Crippen LogP contribution is -2.32. The molecule has 1 saturated carbocycles. The zero-order valence-electron chi connectivity index (χ0n) is 13.6. The fourth-order valence-corrected chi connectivity index (χ4v) is 2.68. The molecule has 1 aliphatic carbocycles. The van der Waals surface area contributed by atoms with Gasteiger partial charge < -0.3 is 10.0 Å². The Kier molecular flexibility index (Phi) is 4.60. The summed E-state index contributed by atoms with van der Waals surface area (Å²) in [6.07, 6.45) is 4.35. The summed E-state index contributed by atoms with van der Waals surface area (Å²) in [4.78, 5) is 29.5. The number of nitrogens with zero attached hydrogens (tertiary/aromatic N) is 2. The highest BCUT2D eigenvalue weighted by Crippen LogP contribution is 2.30. The van der Waals surface area contributed by atoms with Crippen molar-refractivity contribution in [2.24, 2.45) is 0 Å². The molecule has 5 nitrogen and oxygen atoms in total. The molecule has 124 valence electrons. The Morgan fingerprint density at radius 1 is 1.17 bits per heavy atom. The van der Waals surface area contributed by atoms with Gasteiger partial charge in [0.2, 0.25) is 0 Å². The zero-order valence-corrected chi connectivity index (χ0v) is 13.6. The number of hydrogen-bond donors (Lipinski definition) is 1. The van der Waals surface area contributed by atoms with E-state index in [2.05, 4.69) is 36.2 Å². The Balaban J connectivity index is 1.81. The Hall–Kier alpha value is -2.69. The molecule has 0 radical (unpaired) electrons. The number of pyridine rings is 1. The second-order valence-corrected chi connectivity index (χ2v) is 6.07. The number of amides is 1. The molecule has 1 amide bonds. The number of aromatic nitrogens is 1. The third kappa shape index (κ3) is 3.62. The number of aromatic carboxylic acids is 1. The van der Waals surface area contributed by atoms with E-state index in [0.717, 1.165) is 24.8 Å². The average molecular weight is 324 g/mol. The van der Waals surface area contributed by atoms with E-state index in [1.807, 2.05) is 4.90 Å². The number of hydrogen-bond acceptors (Lipinski definition) is 3. The summed E-state index contributed by atoms with van der Waals surface area (Å²) in [7, 11) is 0. The first-order valence-corrected chi connectivity index (χ1v) is 8.16. The van der Waals surface area contributed by atoms with Gasteiger partial charge in [-0.15, -0.1) is 0 Å². The molecule has 1 aliphatic rings. The molecule has 1 heterocycles. The normalized spacial score (nSPS) is 13.5. The van der Waals surface area contributed by atoms with Crippen molar-refractivity contribution in [2.75, 3.05) is 0 Å². The molecule has 0 aliphatic heterocycles. The second kappa shape index (κ2) is 6.83. The molecule has 2 aromatic rings. The standard InChI is InChI=1S/C19H20N2O3/c1-2-13-3-5-14(6-4-13)12-21(16-7-8-16)18(22)15-9-10-20-17(11-15)19(23)24/h3-6,9-11,16H,2,7-8,12H2,1H3,(H,23,24). The zero-order chi connectivity index (χ0) is 17.1. The molecule has 1 aromatic carbocycles. The molecule has 1 N–H and O–H groups in total. The SMILES string of the molecule is CCc1ccc(CN(C(=O)c2ccnc(C(=O)O)c2)C2CC2)cc1. The Bertz CT molecular complexity index is 751. The van der Waals surface area contributed by atoms with Crippen LogP contribution in [0.3, 0.4) is 0 Å². The quantitative estimate of drug-likeness (QED) is 0.886. The van der Waals surface area contributed by atoms with Crippen LogP contribution in [-0.4, -0.2) is 32.9 Å². The average Bonchev–Trinajstić information content (AvgIpc) is 3.44. The van der Waals surface area contributed by atoms with Gasteiger partial charge in [0.15, 0.2) is 0 Å². The molecule has 1 fully saturated rings. The van der Waals surface area contributed by atoms with Gasteiger partial charge in [0.1, 0.15) is 5.69 Å². The van der Waals surface area contributed by atoms with Crippen LogP contribution >= 0.6 is 0 Å². The summed E-state index contributed by atoms with van der Waals surface area (Å²) in [5, 5.41) is 9.05. The first-order chi connectivity index (χ1) is 11.6. The highest BCUT2D eigenvalue weighted by molar-refractivity contribution is 5.97. The van der Waals surface area contributed by atoms with Gasteiger partial charge in [-0.3, -0.25) is 4.79 Å². The summed E-state index contributed by atoms with van der Waals surface area (Å²) in [5.41, 5.74) is 2.62. The van der Waals surface area contributed by atoms with Crippen LogP contribution in [0.4, 0.5) is 0 Å². The summed E-state index contributed by atoms with van der Waals surface area (Å²) in [6.45, 7) is 2.65. The second-order valence-electron chi connectivity index (χ2n) is 6.07. The van der Waals surface area contributed by atoms with E-state index in [9.17, 15) is 9.59 Å². The number of carboxylic acid groups (broad SMARTS) is 1. The van der Waals surface area contributed by atoms with Crippen LogP contribution in [0.25, 0.3) is 0 Å². The van der Waals surface area contributed by atoms with Gasteiger partial charge in [-0.05, 0) is 42.5 Å². The van der Waals surface area contributed by atoms with E-state index in [0.29, 0.717) is 12.1 Å². The highest BCUT2D eigenvalue weighted by Gasteiger charge is 2.33. The lowest BCUT2D eigenvalue weighted by atomic mass is 10.1. The Labute approximate surface area is 140 Å². The van der Waals surface area contributed by atoms with Crippen LogP contribution in [0.15, 0.2) is 42.6 Å². The molecule has 0 atom stereocenters. The van der Waals surface area contributed by atoms with E-state index < -0.39 is 5.97 Å². The third-order valence-electron chi connectivity index (χ3n) is 4.26. The Morgan fingerprint density at radius 2 is 1.83 bits per heavy atom. The fraction of sp³-hybridized carbons (Fsp3) is 0.316. The molecule has 0 saturated heterocycles. The predicted octanol–water partition coefficient (Wildman–Crippen LogP) is 3.15. The van der Waals surface area contributed by atoms with Crippen LogP contribution in [0.1, 0.15) is 51.7 Å². The number of carbonyl (C=O) groups excluding carboxylic acids is 1. The minimum Gasteiger partial charge on any atom is -0.477 e. The summed E-state index contributed by atoms with van der Waals surface area (Å²) >= 11 is 0. The fourth-order valence-electron chi connectivity index (χ4n) is 2.68. The third-order valence-corrected chi connectivity index (χ3v) is 4.26. The Morgan fingerprint density at radius 3 is 2.42 bits per heavy atom. The summed E-state index contributed by atoms with van der Waals surface area (Å²) < 4.78 is 0. The van der Waals surface area contributed by atoms with E-state index in [1.54, 1.807) is 6.07 Å². The van der Waals surface area contributed by atoms with E-state index in [4.69, 9.17) is 5.11 Å². The van der Waals surface area contributed by atoms with E-state index in [-0.39, 0.29) is 17.6 Å². The minimum absolute atomic E-state index is 0.108. The van der Waals surface area contributed by atoms with Gasteiger partial charge in [-0.2, -0.15) is 0 Å². The first kappa shape index (κ1) is 16.2. The maximum absolute atomic E-state index is 12.8. The monoisotopic (exact) mass is 324 g/mol. The van der Waals surface area contributed by atoms with Crippen molar-refractivity contribution in [1.82, 2.24) is 9.88 Å². The molecule has 1 aromatic heterocycles. The molecule has 24 heavy (non-hydrogen) atoms. The van der Waals surface area contributed by atoms with Crippen molar-refractivity contribution < 1.29 is 14.7 Å². The summed E-state index contributed by atoms with van der Waals surface area (Å²) in [6, 6.07) is 11.4. The minimum atomic E-state index is -1.13. The number of benzene rings is 1. The topological polar surface area (TPSA) is 70.5 Å². The van der Waals surface area contributed by atoms with Crippen molar-refractivity contribution >= 4 is 11.9 Å². The molecule has 0 bridgehead atoms. The van der Waals surface area contributed by atoms with Crippen LogP contribution in [0.5, 0.6) is 0 Å². The molecular weight excluding hydrogens is 304 g/mol. The van der Waals surface area contributed by atoms with Crippen molar-refractivity contribution in [3.63, 3.8) is 0 Å². The van der Waals surface area contributed by atoms with Gasteiger partial charge in [-0.1, -0.05) is 31.2 Å². The number of carboxylic acids is 1.